The van der Waals surface area contributed by atoms with Crippen LogP contribution in [0.5, 0.6) is 5.75 Å². The highest BCUT2D eigenvalue weighted by atomic mass is 35.5. The van der Waals surface area contributed by atoms with E-state index in [1.165, 1.54) is 6.42 Å². The largest absolute Gasteiger partial charge is 0.492 e. The minimum atomic E-state index is 0.641. The highest BCUT2D eigenvalue weighted by Crippen LogP contribution is 2.35. The van der Waals surface area contributed by atoms with Gasteiger partial charge in [0.25, 0.3) is 0 Å². The molecular formula is C27H31ClN2O. The molecule has 0 aliphatic heterocycles. The van der Waals surface area contributed by atoms with Crippen LogP contribution in [0.4, 0.5) is 0 Å². The van der Waals surface area contributed by atoms with Crippen molar-refractivity contribution in [2.24, 2.45) is 5.73 Å². The van der Waals surface area contributed by atoms with E-state index in [9.17, 15) is 0 Å². The maximum atomic E-state index is 6.88. The second kappa shape index (κ2) is 13.0. The smallest absolute Gasteiger partial charge is 0.119 e. The summed E-state index contributed by atoms with van der Waals surface area (Å²) in [6.07, 6.45) is 3.43. The molecule has 0 heterocycles. The SMILES string of the molecule is NCCCCCNCCOc1ccc(/C(=C(/Cl)c2ccccc2)c2ccccc2)cc1. The van der Waals surface area contributed by atoms with Gasteiger partial charge in [-0.25, -0.2) is 0 Å². The lowest BCUT2D eigenvalue weighted by Crippen LogP contribution is -2.22. The molecule has 4 heteroatoms. The van der Waals surface area contributed by atoms with Gasteiger partial charge in [0.2, 0.25) is 0 Å². The zero-order chi connectivity index (χ0) is 21.7. The van der Waals surface area contributed by atoms with Crippen molar-refractivity contribution in [1.82, 2.24) is 5.32 Å². The van der Waals surface area contributed by atoms with Crippen molar-refractivity contribution in [3.8, 4) is 5.75 Å². The molecule has 0 unspecified atom stereocenters. The first-order valence-electron chi connectivity index (χ1n) is 10.9. The van der Waals surface area contributed by atoms with Crippen LogP contribution in [0, 0.1) is 0 Å². The van der Waals surface area contributed by atoms with Crippen LogP contribution in [0.1, 0.15) is 36.0 Å². The zero-order valence-electron chi connectivity index (χ0n) is 17.9. The number of nitrogens with one attached hydrogen (secondary N) is 1. The minimum absolute atomic E-state index is 0.641. The molecule has 162 valence electrons. The van der Waals surface area contributed by atoms with Crippen LogP contribution < -0.4 is 15.8 Å². The van der Waals surface area contributed by atoms with Crippen molar-refractivity contribution in [3.05, 3.63) is 102 Å². The first-order valence-corrected chi connectivity index (χ1v) is 11.3. The van der Waals surface area contributed by atoms with Gasteiger partial charge in [-0.2, -0.15) is 0 Å². The van der Waals surface area contributed by atoms with E-state index in [0.29, 0.717) is 6.61 Å². The third-order valence-corrected chi connectivity index (χ3v) is 5.46. The fraction of sp³-hybridized carbons (Fsp3) is 0.259. The number of unbranched alkanes of at least 4 members (excludes halogenated alkanes) is 2. The van der Waals surface area contributed by atoms with Gasteiger partial charge in [-0.1, -0.05) is 90.8 Å². The maximum Gasteiger partial charge on any atom is 0.119 e. The van der Waals surface area contributed by atoms with Crippen molar-refractivity contribution in [1.29, 1.82) is 0 Å². The Kier molecular flexibility index (Phi) is 9.65. The van der Waals surface area contributed by atoms with Crippen LogP contribution in [0.3, 0.4) is 0 Å². The van der Waals surface area contributed by atoms with E-state index < -0.39 is 0 Å². The fourth-order valence-electron chi connectivity index (χ4n) is 3.41. The molecule has 3 aromatic carbocycles. The Balaban J connectivity index is 1.66. The molecule has 0 saturated heterocycles. The molecule has 0 spiro atoms. The van der Waals surface area contributed by atoms with Crippen LogP contribution in [-0.4, -0.2) is 26.2 Å². The highest BCUT2D eigenvalue weighted by Gasteiger charge is 2.12. The molecule has 0 radical (unpaired) electrons. The standard InChI is InChI=1S/C27H31ClN2O/c28-27(24-12-6-2-7-13-24)26(22-10-4-1-5-11-22)23-14-16-25(17-15-23)31-21-20-30-19-9-3-8-18-29/h1-2,4-7,10-17,30H,3,8-9,18-21,29H2/b27-26+. The van der Waals surface area contributed by atoms with Gasteiger partial charge >= 0.3 is 0 Å². The van der Waals surface area contributed by atoms with E-state index in [1.807, 2.05) is 60.7 Å². The molecule has 0 fully saturated rings. The first-order chi connectivity index (χ1) is 15.3. The van der Waals surface area contributed by atoms with E-state index in [1.54, 1.807) is 0 Å². The summed E-state index contributed by atoms with van der Waals surface area (Å²) < 4.78 is 5.89. The Labute approximate surface area is 190 Å². The molecule has 3 rings (SSSR count). The number of hydrogen-bond acceptors (Lipinski definition) is 3. The monoisotopic (exact) mass is 434 g/mol. The van der Waals surface area contributed by atoms with Crippen molar-refractivity contribution < 1.29 is 4.74 Å². The van der Waals surface area contributed by atoms with Gasteiger partial charge in [0, 0.05) is 12.1 Å². The Morgan fingerprint density at radius 2 is 1.32 bits per heavy atom. The van der Waals surface area contributed by atoms with Gasteiger partial charge in [-0.15, -0.1) is 0 Å². The van der Waals surface area contributed by atoms with E-state index in [0.717, 1.165) is 65.5 Å². The van der Waals surface area contributed by atoms with Gasteiger partial charge in [0.1, 0.15) is 12.4 Å². The van der Waals surface area contributed by atoms with E-state index >= 15 is 0 Å². The molecule has 0 aromatic heterocycles. The fourth-order valence-corrected chi connectivity index (χ4v) is 3.75. The zero-order valence-corrected chi connectivity index (χ0v) is 18.7. The molecule has 3 aromatic rings. The van der Waals surface area contributed by atoms with Gasteiger partial charge < -0.3 is 15.8 Å². The Hall–Kier alpha value is -2.59. The maximum absolute atomic E-state index is 6.88. The molecule has 0 atom stereocenters. The summed E-state index contributed by atoms with van der Waals surface area (Å²) in [5.41, 5.74) is 9.67. The number of hydrogen-bond donors (Lipinski definition) is 2. The highest BCUT2D eigenvalue weighted by molar-refractivity contribution is 6.53. The molecule has 31 heavy (non-hydrogen) atoms. The van der Waals surface area contributed by atoms with Crippen molar-refractivity contribution in [2.75, 3.05) is 26.2 Å². The molecule has 0 saturated carbocycles. The Morgan fingerprint density at radius 3 is 1.97 bits per heavy atom. The van der Waals surface area contributed by atoms with Crippen molar-refractivity contribution >= 4 is 22.2 Å². The van der Waals surface area contributed by atoms with E-state index in [-0.39, 0.29) is 0 Å². The summed E-state index contributed by atoms with van der Waals surface area (Å²) in [5.74, 6) is 0.858. The van der Waals surface area contributed by atoms with Gasteiger partial charge in [-0.3, -0.25) is 0 Å². The lowest BCUT2D eigenvalue weighted by Gasteiger charge is -2.14. The van der Waals surface area contributed by atoms with Crippen LogP contribution in [-0.2, 0) is 0 Å². The minimum Gasteiger partial charge on any atom is -0.492 e. The lowest BCUT2D eigenvalue weighted by molar-refractivity contribution is 0.313. The Bertz CT molecular complexity index is 924. The quantitative estimate of drug-likeness (QED) is 0.274. The van der Waals surface area contributed by atoms with Crippen LogP contribution >= 0.6 is 11.6 Å². The average molecular weight is 435 g/mol. The molecule has 0 amide bonds. The van der Waals surface area contributed by atoms with Crippen LogP contribution in [0.2, 0.25) is 0 Å². The van der Waals surface area contributed by atoms with Crippen molar-refractivity contribution in [2.45, 2.75) is 19.3 Å². The van der Waals surface area contributed by atoms with Crippen molar-refractivity contribution in [3.63, 3.8) is 0 Å². The summed E-state index contributed by atoms with van der Waals surface area (Å²) in [6, 6.07) is 28.5. The summed E-state index contributed by atoms with van der Waals surface area (Å²) in [6.45, 7) is 3.25. The van der Waals surface area contributed by atoms with Gasteiger partial charge in [-0.05, 0) is 54.8 Å². The summed E-state index contributed by atoms with van der Waals surface area (Å²) >= 11 is 6.88. The summed E-state index contributed by atoms with van der Waals surface area (Å²) in [7, 11) is 0. The summed E-state index contributed by atoms with van der Waals surface area (Å²) in [5, 5.41) is 4.14. The number of nitrogens with two attached hydrogens (primary N) is 1. The molecule has 0 aliphatic rings. The van der Waals surface area contributed by atoms with Crippen LogP contribution in [0.15, 0.2) is 84.9 Å². The molecule has 0 aliphatic carbocycles. The molecule has 3 N–H and O–H groups in total. The number of ether oxygens (including phenoxy) is 1. The predicted octanol–water partition coefficient (Wildman–Crippen LogP) is 5.94. The molecular weight excluding hydrogens is 404 g/mol. The molecule has 3 nitrogen and oxygen atoms in total. The van der Waals surface area contributed by atoms with Crippen LogP contribution in [0.25, 0.3) is 10.6 Å². The first kappa shape index (κ1) is 23.1. The molecule has 0 bridgehead atoms. The van der Waals surface area contributed by atoms with Gasteiger partial charge in [0.15, 0.2) is 0 Å². The normalized spacial score (nSPS) is 11.8. The van der Waals surface area contributed by atoms with Gasteiger partial charge in [0.05, 0.1) is 5.03 Å². The summed E-state index contributed by atoms with van der Waals surface area (Å²) in [4.78, 5) is 0. The topological polar surface area (TPSA) is 47.3 Å². The number of rotatable bonds is 12. The second-order valence-corrected chi connectivity index (χ2v) is 7.77. The van der Waals surface area contributed by atoms with E-state index in [2.05, 4.69) is 29.6 Å². The number of halogens is 1. The number of benzene rings is 3. The lowest BCUT2D eigenvalue weighted by atomic mass is 9.95. The average Bonchev–Trinajstić information content (AvgIpc) is 2.83. The third-order valence-electron chi connectivity index (χ3n) is 5.06. The van der Waals surface area contributed by atoms with E-state index in [4.69, 9.17) is 22.1 Å². The second-order valence-electron chi connectivity index (χ2n) is 7.39. The Morgan fingerprint density at radius 1 is 0.710 bits per heavy atom. The predicted molar refractivity (Wildman–Crippen MR) is 132 cm³/mol. The third kappa shape index (κ3) is 7.25.